The fourth-order valence-electron chi connectivity index (χ4n) is 1.72. The molecule has 0 aromatic heterocycles. The predicted molar refractivity (Wildman–Crippen MR) is 76.0 cm³/mol. The van der Waals surface area contributed by atoms with E-state index in [0.29, 0.717) is 0 Å². The number of rotatable bonds is 4. The van der Waals surface area contributed by atoms with Crippen molar-refractivity contribution in [3.63, 3.8) is 0 Å². The smallest absolute Gasteiger partial charge is 0.332 e. The Balaban J connectivity index is 1.98. The summed E-state index contributed by atoms with van der Waals surface area (Å²) in [7, 11) is 0. The molecule has 0 fully saturated rings. The van der Waals surface area contributed by atoms with Gasteiger partial charge in [-0.05, 0) is 23.1 Å². The predicted octanol–water partition coefficient (Wildman–Crippen LogP) is 2.28. The van der Waals surface area contributed by atoms with Gasteiger partial charge >= 0.3 is 6.03 Å². The maximum absolute atomic E-state index is 10.4. The summed E-state index contributed by atoms with van der Waals surface area (Å²) >= 11 is 0. The van der Waals surface area contributed by atoms with Gasteiger partial charge in [0.2, 0.25) is 0 Å². The summed E-state index contributed by atoms with van der Waals surface area (Å²) in [5.74, 6) is 0. The Kier molecular flexibility index (Phi) is 4.29. The minimum atomic E-state index is -0.669. The van der Waals surface area contributed by atoms with Crippen molar-refractivity contribution < 1.29 is 4.79 Å². The van der Waals surface area contributed by atoms with Gasteiger partial charge in [-0.1, -0.05) is 54.6 Å². The first-order valence-corrected chi connectivity index (χ1v) is 5.95. The van der Waals surface area contributed by atoms with E-state index < -0.39 is 6.03 Å². The second-order valence-corrected chi connectivity index (χ2v) is 4.14. The van der Waals surface area contributed by atoms with Crippen molar-refractivity contribution in [1.82, 2.24) is 5.43 Å². The molecule has 4 heteroatoms. The molecule has 0 heterocycles. The largest absolute Gasteiger partial charge is 0.350 e. The Bertz CT molecular complexity index is 562. The number of primary amides is 1. The van der Waals surface area contributed by atoms with Crippen molar-refractivity contribution in [2.75, 3.05) is 0 Å². The van der Waals surface area contributed by atoms with Crippen LogP contribution in [0.1, 0.15) is 16.7 Å². The summed E-state index contributed by atoms with van der Waals surface area (Å²) in [6, 6.07) is 17.6. The number of amides is 2. The summed E-state index contributed by atoms with van der Waals surface area (Å²) in [6.45, 7) is 0. The van der Waals surface area contributed by atoms with E-state index in [9.17, 15) is 4.79 Å². The molecule has 0 saturated carbocycles. The number of nitrogens with one attached hydrogen (secondary N) is 1. The molecule has 0 aliphatic carbocycles. The van der Waals surface area contributed by atoms with Crippen LogP contribution in [0.4, 0.5) is 4.79 Å². The summed E-state index contributed by atoms with van der Waals surface area (Å²) < 4.78 is 0. The van der Waals surface area contributed by atoms with Crippen molar-refractivity contribution in [3.8, 4) is 0 Å². The third kappa shape index (κ3) is 4.27. The van der Waals surface area contributed by atoms with Gasteiger partial charge in [-0.3, -0.25) is 0 Å². The number of nitrogens with two attached hydrogens (primary N) is 1. The number of carbonyl (C=O) groups excluding carboxylic acids is 1. The van der Waals surface area contributed by atoms with Gasteiger partial charge in [-0.2, -0.15) is 5.10 Å². The Morgan fingerprint density at radius 1 is 1.05 bits per heavy atom. The van der Waals surface area contributed by atoms with E-state index in [1.165, 1.54) is 11.1 Å². The van der Waals surface area contributed by atoms with Gasteiger partial charge in [0.1, 0.15) is 0 Å². The molecule has 2 aromatic rings. The van der Waals surface area contributed by atoms with Crippen LogP contribution < -0.4 is 11.2 Å². The van der Waals surface area contributed by atoms with Gasteiger partial charge in [0.25, 0.3) is 0 Å². The second-order valence-electron chi connectivity index (χ2n) is 4.14. The number of urea groups is 1. The number of hydrogen-bond acceptors (Lipinski definition) is 2. The average molecular weight is 253 g/mol. The minimum absolute atomic E-state index is 0.669. The van der Waals surface area contributed by atoms with Gasteiger partial charge in [-0.25, -0.2) is 10.2 Å². The number of nitrogens with zero attached hydrogens (tertiary/aromatic N) is 1. The molecule has 2 aromatic carbocycles. The van der Waals surface area contributed by atoms with Gasteiger partial charge in [-0.15, -0.1) is 0 Å². The highest BCUT2D eigenvalue weighted by Crippen LogP contribution is 2.09. The summed E-state index contributed by atoms with van der Waals surface area (Å²) in [5.41, 5.74) is 10.5. The summed E-state index contributed by atoms with van der Waals surface area (Å²) in [4.78, 5) is 10.4. The van der Waals surface area contributed by atoms with E-state index in [-0.39, 0.29) is 0 Å². The lowest BCUT2D eigenvalue weighted by Crippen LogP contribution is -2.24. The van der Waals surface area contributed by atoms with Gasteiger partial charge in [0.05, 0.1) is 6.21 Å². The van der Waals surface area contributed by atoms with Crippen LogP contribution in [0.15, 0.2) is 59.7 Å². The normalized spacial score (nSPS) is 10.5. The highest BCUT2D eigenvalue weighted by atomic mass is 16.2. The zero-order chi connectivity index (χ0) is 13.5. The summed E-state index contributed by atoms with van der Waals surface area (Å²) in [5, 5.41) is 3.71. The molecule has 4 nitrogen and oxygen atoms in total. The molecule has 0 unspecified atom stereocenters. The standard InChI is InChI=1S/C15H15N3O/c16-15(19)18-17-11-14-8-6-13(7-9-14)10-12-4-2-1-3-5-12/h1-9,11H,10H2,(H3,16,18,19)/b17-11+. The van der Waals surface area contributed by atoms with E-state index >= 15 is 0 Å². The molecule has 3 N–H and O–H groups in total. The van der Waals surface area contributed by atoms with Crippen molar-refractivity contribution in [2.45, 2.75) is 6.42 Å². The molecule has 0 bridgehead atoms. The van der Waals surface area contributed by atoms with Crippen molar-refractivity contribution in [2.24, 2.45) is 10.8 Å². The summed E-state index contributed by atoms with van der Waals surface area (Å²) in [6.07, 6.45) is 2.45. The molecule has 0 aliphatic rings. The van der Waals surface area contributed by atoms with Crippen molar-refractivity contribution in [1.29, 1.82) is 0 Å². The number of hydrazone groups is 1. The topological polar surface area (TPSA) is 67.5 Å². The maximum atomic E-state index is 10.4. The van der Waals surface area contributed by atoms with Crippen LogP contribution in [-0.4, -0.2) is 12.2 Å². The molecule has 0 spiro atoms. The van der Waals surface area contributed by atoms with E-state index in [4.69, 9.17) is 5.73 Å². The van der Waals surface area contributed by atoms with E-state index in [2.05, 4.69) is 22.7 Å². The zero-order valence-electron chi connectivity index (χ0n) is 10.4. The molecule has 2 amide bonds. The third-order valence-electron chi connectivity index (χ3n) is 2.62. The van der Waals surface area contributed by atoms with Gasteiger partial charge in [0, 0.05) is 0 Å². The first-order chi connectivity index (χ1) is 9.24. The molecular formula is C15H15N3O. The van der Waals surface area contributed by atoms with E-state index in [0.717, 1.165) is 12.0 Å². The fraction of sp³-hybridized carbons (Fsp3) is 0.0667. The van der Waals surface area contributed by atoms with Crippen molar-refractivity contribution in [3.05, 3.63) is 71.3 Å². The first-order valence-electron chi connectivity index (χ1n) is 5.95. The lowest BCUT2D eigenvalue weighted by molar-refractivity contribution is 0.249. The molecule has 0 aliphatic heterocycles. The molecule has 2 rings (SSSR count). The molecule has 96 valence electrons. The molecule has 19 heavy (non-hydrogen) atoms. The Hall–Kier alpha value is -2.62. The van der Waals surface area contributed by atoms with Crippen LogP contribution in [0.3, 0.4) is 0 Å². The van der Waals surface area contributed by atoms with Gasteiger partial charge < -0.3 is 5.73 Å². The zero-order valence-corrected chi connectivity index (χ0v) is 10.4. The van der Waals surface area contributed by atoms with E-state index in [1.807, 2.05) is 42.5 Å². The molecule has 0 atom stereocenters. The van der Waals surface area contributed by atoms with E-state index in [1.54, 1.807) is 6.21 Å². The quantitative estimate of drug-likeness (QED) is 0.637. The maximum Gasteiger partial charge on any atom is 0.332 e. The lowest BCUT2D eigenvalue weighted by Gasteiger charge is -2.02. The molecule has 0 radical (unpaired) electrons. The van der Waals surface area contributed by atoms with Crippen LogP contribution in [0, 0.1) is 0 Å². The molecule has 0 saturated heterocycles. The Morgan fingerprint density at radius 3 is 2.32 bits per heavy atom. The van der Waals surface area contributed by atoms with Crippen LogP contribution in [0.5, 0.6) is 0 Å². The van der Waals surface area contributed by atoms with Crippen LogP contribution >= 0.6 is 0 Å². The SMILES string of the molecule is NC(=O)N/N=C/c1ccc(Cc2ccccc2)cc1. The van der Waals surface area contributed by atoms with Gasteiger partial charge in [0.15, 0.2) is 0 Å². The second kappa shape index (κ2) is 6.35. The Morgan fingerprint density at radius 2 is 1.68 bits per heavy atom. The highest BCUT2D eigenvalue weighted by Gasteiger charge is 1.96. The third-order valence-corrected chi connectivity index (χ3v) is 2.62. The highest BCUT2D eigenvalue weighted by molar-refractivity contribution is 5.81. The first kappa shape index (κ1) is 12.8. The van der Waals surface area contributed by atoms with Crippen LogP contribution in [-0.2, 0) is 6.42 Å². The van der Waals surface area contributed by atoms with Crippen LogP contribution in [0.25, 0.3) is 0 Å². The number of carbonyl (C=O) groups is 1. The van der Waals surface area contributed by atoms with Crippen molar-refractivity contribution >= 4 is 12.2 Å². The fourth-order valence-corrected chi connectivity index (χ4v) is 1.72. The Labute approximate surface area is 112 Å². The number of benzene rings is 2. The monoisotopic (exact) mass is 253 g/mol. The van der Waals surface area contributed by atoms with Crippen LogP contribution in [0.2, 0.25) is 0 Å². The number of hydrogen-bond donors (Lipinski definition) is 2. The minimum Gasteiger partial charge on any atom is -0.350 e. The molecular weight excluding hydrogens is 238 g/mol. The average Bonchev–Trinajstić information content (AvgIpc) is 2.42. The lowest BCUT2D eigenvalue weighted by atomic mass is 10.0.